The highest BCUT2D eigenvalue weighted by molar-refractivity contribution is 14.0. The Morgan fingerprint density at radius 3 is 2.66 bits per heavy atom. The summed E-state index contributed by atoms with van der Waals surface area (Å²) >= 11 is 0. The zero-order valence-corrected chi connectivity index (χ0v) is 19.8. The number of carbonyl (C=O) groups excluding carboxylic acids is 1. The largest absolute Gasteiger partial charge is 0.490 e. The molecule has 0 saturated heterocycles. The number of amides is 1. The Hall–Kier alpha value is -2.23. The van der Waals surface area contributed by atoms with Gasteiger partial charge in [-0.1, -0.05) is 19.1 Å². The Labute approximate surface area is 189 Å². The van der Waals surface area contributed by atoms with Crippen LogP contribution in [0.5, 0.6) is 5.75 Å². The zero-order chi connectivity index (χ0) is 20.4. The van der Waals surface area contributed by atoms with Crippen molar-refractivity contribution >= 4 is 35.8 Å². The standard InChI is InChI=1S/C21H30N4O3.HI/c1-5-16(3)28-19-11-15(2)8-9-17(19)12-24-21(22-4)25-14-20(26)23-13-18-7-6-10-27-18;/h6-11,16H,5,12-14H2,1-4H3,(H,23,26)(H2,22,24,25);1H. The summed E-state index contributed by atoms with van der Waals surface area (Å²) in [5, 5.41) is 9.01. The fraction of sp³-hybridized carbons (Fsp3) is 0.429. The van der Waals surface area contributed by atoms with Crippen molar-refractivity contribution in [3.8, 4) is 5.75 Å². The monoisotopic (exact) mass is 514 g/mol. The van der Waals surface area contributed by atoms with Gasteiger partial charge in [-0.3, -0.25) is 9.79 Å². The Bertz CT molecular complexity index is 778. The van der Waals surface area contributed by atoms with Crippen LogP contribution in [0.3, 0.4) is 0 Å². The van der Waals surface area contributed by atoms with Crippen LogP contribution in [0.25, 0.3) is 0 Å². The van der Waals surface area contributed by atoms with E-state index < -0.39 is 0 Å². The Kier molecular flexibility index (Phi) is 11.2. The molecule has 8 heteroatoms. The summed E-state index contributed by atoms with van der Waals surface area (Å²) in [4.78, 5) is 16.1. The molecule has 0 radical (unpaired) electrons. The van der Waals surface area contributed by atoms with Crippen LogP contribution in [0.4, 0.5) is 0 Å². The Morgan fingerprint density at radius 2 is 2.00 bits per heavy atom. The van der Waals surface area contributed by atoms with Gasteiger partial charge in [0.25, 0.3) is 0 Å². The van der Waals surface area contributed by atoms with Gasteiger partial charge in [-0.05, 0) is 44.0 Å². The molecule has 0 fully saturated rings. The molecule has 1 heterocycles. The summed E-state index contributed by atoms with van der Waals surface area (Å²) in [5.41, 5.74) is 2.19. The maximum atomic E-state index is 12.0. The predicted octanol–water partition coefficient (Wildman–Crippen LogP) is 3.36. The predicted molar refractivity (Wildman–Crippen MR) is 126 cm³/mol. The van der Waals surface area contributed by atoms with E-state index in [4.69, 9.17) is 9.15 Å². The highest BCUT2D eigenvalue weighted by Gasteiger charge is 2.09. The maximum absolute atomic E-state index is 12.0. The lowest BCUT2D eigenvalue weighted by atomic mass is 10.1. The Balaban J connectivity index is 0.00000420. The smallest absolute Gasteiger partial charge is 0.239 e. The number of rotatable bonds is 9. The summed E-state index contributed by atoms with van der Waals surface area (Å²) in [5.74, 6) is 1.98. The average Bonchev–Trinajstić information content (AvgIpc) is 3.21. The molecule has 3 N–H and O–H groups in total. The molecule has 29 heavy (non-hydrogen) atoms. The topological polar surface area (TPSA) is 87.9 Å². The van der Waals surface area contributed by atoms with Gasteiger partial charge < -0.3 is 25.1 Å². The van der Waals surface area contributed by atoms with Crippen molar-refractivity contribution in [2.75, 3.05) is 13.6 Å². The number of nitrogens with one attached hydrogen (secondary N) is 3. The van der Waals surface area contributed by atoms with Crippen LogP contribution in [0.1, 0.15) is 37.2 Å². The van der Waals surface area contributed by atoms with E-state index in [1.54, 1.807) is 19.4 Å². The van der Waals surface area contributed by atoms with E-state index in [0.717, 1.165) is 23.3 Å². The van der Waals surface area contributed by atoms with Gasteiger partial charge in [0.15, 0.2) is 5.96 Å². The summed E-state index contributed by atoms with van der Waals surface area (Å²) in [7, 11) is 1.67. The Morgan fingerprint density at radius 1 is 1.21 bits per heavy atom. The number of halogens is 1. The van der Waals surface area contributed by atoms with E-state index in [-0.39, 0.29) is 42.5 Å². The summed E-state index contributed by atoms with van der Waals surface area (Å²) in [6.45, 7) is 7.22. The minimum absolute atomic E-state index is 0. The SMILES string of the molecule is CCC(C)Oc1cc(C)ccc1CNC(=NC)NCC(=O)NCc1ccco1.I. The van der Waals surface area contributed by atoms with E-state index >= 15 is 0 Å². The molecule has 2 aromatic rings. The van der Waals surface area contributed by atoms with Crippen molar-refractivity contribution in [3.63, 3.8) is 0 Å². The third-order valence-corrected chi connectivity index (χ3v) is 4.25. The highest BCUT2D eigenvalue weighted by atomic mass is 127. The third-order valence-electron chi connectivity index (χ3n) is 4.25. The number of furan rings is 1. The van der Waals surface area contributed by atoms with Crippen molar-refractivity contribution in [3.05, 3.63) is 53.5 Å². The second kappa shape index (κ2) is 13.1. The first kappa shape index (κ1) is 24.8. The van der Waals surface area contributed by atoms with Crippen LogP contribution in [0.2, 0.25) is 0 Å². The van der Waals surface area contributed by atoms with Crippen molar-refractivity contribution < 1.29 is 13.9 Å². The molecular weight excluding hydrogens is 483 g/mol. The molecule has 7 nitrogen and oxygen atoms in total. The first-order valence-corrected chi connectivity index (χ1v) is 9.51. The number of guanidine groups is 1. The molecule has 0 aliphatic heterocycles. The first-order chi connectivity index (χ1) is 13.5. The van der Waals surface area contributed by atoms with E-state index in [1.807, 2.05) is 25.1 Å². The van der Waals surface area contributed by atoms with Crippen molar-refractivity contribution in [2.45, 2.75) is 46.4 Å². The molecule has 1 unspecified atom stereocenters. The lowest BCUT2D eigenvalue weighted by molar-refractivity contribution is -0.120. The fourth-order valence-electron chi connectivity index (χ4n) is 2.44. The van der Waals surface area contributed by atoms with E-state index in [0.29, 0.717) is 24.8 Å². The molecule has 1 atom stereocenters. The molecular formula is C21H31IN4O3. The van der Waals surface area contributed by atoms with Gasteiger partial charge in [0.1, 0.15) is 11.5 Å². The molecule has 0 saturated carbocycles. The zero-order valence-electron chi connectivity index (χ0n) is 17.5. The fourth-order valence-corrected chi connectivity index (χ4v) is 2.44. The summed E-state index contributed by atoms with van der Waals surface area (Å²) in [6, 6.07) is 9.74. The van der Waals surface area contributed by atoms with Crippen LogP contribution in [-0.2, 0) is 17.9 Å². The number of aliphatic imine (C=N–C) groups is 1. The first-order valence-electron chi connectivity index (χ1n) is 9.51. The van der Waals surface area contributed by atoms with Crippen LogP contribution >= 0.6 is 24.0 Å². The number of hydrogen-bond donors (Lipinski definition) is 3. The highest BCUT2D eigenvalue weighted by Crippen LogP contribution is 2.22. The number of ether oxygens (including phenoxy) is 1. The molecule has 0 aliphatic rings. The summed E-state index contributed by atoms with van der Waals surface area (Å²) in [6.07, 6.45) is 2.67. The van der Waals surface area contributed by atoms with E-state index in [1.165, 1.54) is 0 Å². The van der Waals surface area contributed by atoms with Gasteiger partial charge in [-0.2, -0.15) is 0 Å². The number of benzene rings is 1. The summed E-state index contributed by atoms with van der Waals surface area (Å²) < 4.78 is 11.2. The van der Waals surface area contributed by atoms with Gasteiger partial charge >= 0.3 is 0 Å². The molecule has 1 aromatic heterocycles. The van der Waals surface area contributed by atoms with Gasteiger partial charge in [0, 0.05) is 19.2 Å². The minimum Gasteiger partial charge on any atom is -0.490 e. The number of nitrogens with zero attached hydrogens (tertiary/aromatic N) is 1. The molecule has 1 amide bonds. The second-order valence-corrected chi connectivity index (χ2v) is 6.58. The van der Waals surface area contributed by atoms with Crippen molar-refractivity contribution in [2.24, 2.45) is 4.99 Å². The maximum Gasteiger partial charge on any atom is 0.239 e. The molecule has 0 bridgehead atoms. The van der Waals surface area contributed by atoms with Crippen LogP contribution in [-0.4, -0.2) is 31.6 Å². The lowest BCUT2D eigenvalue weighted by Crippen LogP contribution is -2.42. The normalized spacial score (nSPS) is 11.9. The van der Waals surface area contributed by atoms with Gasteiger partial charge in [-0.25, -0.2) is 0 Å². The average molecular weight is 514 g/mol. The minimum atomic E-state index is -0.143. The molecule has 0 aliphatic carbocycles. The molecule has 160 valence electrons. The van der Waals surface area contributed by atoms with Crippen molar-refractivity contribution in [1.29, 1.82) is 0 Å². The second-order valence-electron chi connectivity index (χ2n) is 6.58. The van der Waals surface area contributed by atoms with Crippen molar-refractivity contribution in [1.82, 2.24) is 16.0 Å². The third kappa shape index (κ3) is 8.76. The van der Waals surface area contributed by atoms with E-state index in [9.17, 15) is 4.79 Å². The van der Waals surface area contributed by atoms with Crippen LogP contribution < -0.4 is 20.7 Å². The van der Waals surface area contributed by atoms with Crippen LogP contribution in [0, 0.1) is 6.92 Å². The van der Waals surface area contributed by atoms with Gasteiger partial charge in [-0.15, -0.1) is 24.0 Å². The molecule has 0 spiro atoms. The number of hydrogen-bond acceptors (Lipinski definition) is 4. The van der Waals surface area contributed by atoms with E-state index in [2.05, 4.69) is 40.9 Å². The quantitative estimate of drug-likeness (QED) is 0.272. The lowest BCUT2D eigenvalue weighted by Gasteiger charge is -2.18. The van der Waals surface area contributed by atoms with Crippen LogP contribution in [0.15, 0.2) is 46.0 Å². The number of aryl methyl sites for hydroxylation is 1. The van der Waals surface area contributed by atoms with Gasteiger partial charge in [0.2, 0.25) is 5.91 Å². The molecule has 1 aromatic carbocycles. The van der Waals surface area contributed by atoms with Gasteiger partial charge in [0.05, 0.1) is 25.5 Å². The molecule has 2 rings (SSSR count). The number of carbonyl (C=O) groups is 1.